The summed E-state index contributed by atoms with van der Waals surface area (Å²) in [6, 6.07) is 15.0. The first-order valence-electron chi connectivity index (χ1n) is 10.4. The van der Waals surface area contributed by atoms with Crippen molar-refractivity contribution in [1.29, 1.82) is 5.26 Å². The molecule has 156 valence electrons. The molecule has 0 bridgehead atoms. The first-order valence-corrected chi connectivity index (χ1v) is 10.4. The number of hydrogen-bond acceptors (Lipinski definition) is 3. The Labute approximate surface area is 179 Å². The van der Waals surface area contributed by atoms with Crippen molar-refractivity contribution in [3.8, 4) is 22.9 Å². The molecule has 0 amide bonds. The Balaban J connectivity index is 1.52. The molecule has 1 aliphatic carbocycles. The minimum Gasteiger partial charge on any atom is -0.423 e. The standard InChI is InChI=1S/C26H21F2NO2/c1-2-3-4-5-16-6-8-21-18(10-16)12-19-11-17(7-9-22(19)21)26(30)31-20-13-24(27)23(15-29)25(28)14-20/h6-11,13-14H,2-5,12H2,1H3. The van der Waals surface area contributed by atoms with Gasteiger partial charge in [-0.1, -0.05) is 44.0 Å². The summed E-state index contributed by atoms with van der Waals surface area (Å²) in [7, 11) is 0. The van der Waals surface area contributed by atoms with E-state index in [1.165, 1.54) is 42.0 Å². The topological polar surface area (TPSA) is 50.1 Å². The van der Waals surface area contributed by atoms with E-state index in [1.807, 2.05) is 6.07 Å². The van der Waals surface area contributed by atoms with Crippen molar-refractivity contribution in [2.24, 2.45) is 0 Å². The fraction of sp³-hybridized carbons (Fsp3) is 0.231. The van der Waals surface area contributed by atoms with E-state index in [0.29, 0.717) is 5.56 Å². The number of fused-ring (bicyclic) bond motifs is 3. The Bertz CT molecular complexity index is 1190. The predicted molar refractivity (Wildman–Crippen MR) is 114 cm³/mol. The number of aryl methyl sites for hydroxylation is 1. The summed E-state index contributed by atoms with van der Waals surface area (Å²) < 4.78 is 32.7. The number of nitrogens with zero attached hydrogens (tertiary/aromatic N) is 1. The van der Waals surface area contributed by atoms with Crippen molar-refractivity contribution in [3.63, 3.8) is 0 Å². The lowest BCUT2D eigenvalue weighted by Crippen LogP contribution is -2.09. The van der Waals surface area contributed by atoms with Crippen molar-refractivity contribution in [2.75, 3.05) is 0 Å². The molecule has 5 heteroatoms. The van der Waals surface area contributed by atoms with Crippen LogP contribution in [-0.4, -0.2) is 5.97 Å². The molecule has 0 unspecified atom stereocenters. The molecule has 0 heterocycles. The van der Waals surface area contributed by atoms with Crippen molar-refractivity contribution >= 4 is 5.97 Å². The smallest absolute Gasteiger partial charge is 0.343 e. The zero-order chi connectivity index (χ0) is 22.0. The number of carbonyl (C=O) groups excluding carboxylic acids is 1. The monoisotopic (exact) mass is 417 g/mol. The Morgan fingerprint density at radius 3 is 2.35 bits per heavy atom. The third-order valence-electron chi connectivity index (χ3n) is 5.59. The fourth-order valence-corrected chi connectivity index (χ4v) is 4.01. The van der Waals surface area contributed by atoms with Gasteiger partial charge in [0.2, 0.25) is 0 Å². The summed E-state index contributed by atoms with van der Waals surface area (Å²) in [6.07, 6.45) is 5.38. The molecule has 1 aliphatic rings. The van der Waals surface area contributed by atoms with Crippen LogP contribution in [0.15, 0.2) is 48.5 Å². The molecule has 3 nitrogen and oxygen atoms in total. The van der Waals surface area contributed by atoms with Crippen molar-refractivity contribution in [2.45, 2.75) is 39.0 Å². The first-order chi connectivity index (χ1) is 15.0. The minimum atomic E-state index is -1.07. The number of benzene rings is 3. The molecule has 4 rings (SSSR count). The lowest BCUT2D eigenvalue weighted by atomic mass is 10.00. The van der Waals surface area contributed by atoms with Gasteiger partial charge in [-0.15, -0.1) is 0 Å². The number of halogens is 2. The van der Waals surface area contributed by atoms with Crippen LogP contribution in [0.2, 0.25) is 0 Å². The van der Waals surface area contributed by atoms with Gasteiger partial charge in [0, 0.05) is 12.1 Å². The molecule has 0 radical (unpaired) electrons. The first kappa shape index (κ1) is 20.7. The van der Waals surface area contributed by atoms with E-state index in [0.717, 1.165) is 36.1 Å². The maximum Gasteiger partial charge on any atom is 0.343 e. The molecule has 0 spiro atoms. The number of hydrogen-bond donors (Lipinski definition) is 0. The second-order valence-electron chi connectivity index (χ2n) is 7.76. The second kappa shape index (κ2) is 8.69. The summed E-state index contributed by atoms with van der Waals surface area (Å²) in [5.41, 5.74) is 5.44. The molecule has 0 fully saturated rings. The largest absolute Gasteiger partial charge is 0.423 e. The quantitative estimate of drug-likeness (QED) is 0.208. The number of carbonyl (C=O) groups is 1. The molecule has 0 aromatic heterocycles. The molecule has 0 saturated carbocycles. The molecule has 0 saturated heterocycles. The van der Waals surface area contributed by atoms with Gasteiger partial charge in [0.25, 0.3) is 0 Å². The van der Waals surface area contributed by atoms with Gasteiger partial charge in [0.05, 0.1) is 5.56 Å². The van der Waals surface area contributed by atoms with Crippen LogP contribution in [0.1, 0.15) is 58.8 Å². The molecule has 0 aliphatic heterocycles. The lowest BCUT2D eigenvalue weighted by molar-refractivity contribution is 0.0734. The van der Waals surface area contributed by atoms with Gasteiger partial charge in [-0.25, -0.2) is 13.6 Å². The van der Waals surface area contributed by atoms with E-state index >= 15 is 0 Å². The number of esters is 1. The highest BCUT2D eigenvalue weighted by Gasteiger charge is 2.21. The maximum absolute atomic E-state index is 13.8. The summed E-state index contributed by atoms with van der Waals surface area (Å²) >= 11 is 0. The zero-order valence-electron chi connectivity index (χ0n) is 17.2. The van der Waals surface area contributed by atoms with Crippen LogP contribution in [0, 0.1) is 23.0 Å². The van der Waals surface area contributed by atoms with E-state index in [4.69, 9.17) is 10.00 Å². The van der Waals surface area contributed by atoms with E-state index in [-0.39, 0.29) is 5.75 Å². The maximum atomic E-state index is 13.8. The third kappa shape index (κ3) is 4.20. The van der Waals surface area contributed by atoms with Crippen LogP contribution in [0.25, 0.3) is 11.1 Å². The summed E-state index contributed by atoms with van der Waals surface area (Å²) in [6.45, 7) is 2.19. The number of unbranched alkanes of at least 4 members (excludes halogenated alkanes) is 2. The van der Waals surface area contributed by atoms with Gasteiger partial charge in [-0.05, 0) is 59.2 Å². The minimum absolute atomic E-state index is 0.278. The van der Waals surface area contributed by atoms with Gasteiger partial charge >= 0.3 is 5.97 Å². The van der Waals surface area contributed by atoms with Gasteiger partial charge < -0.3 is 4.74 Å². The highest BCUT2D eigenvalue weighted by Crippen LogP contribution is 2.38. The van der Waals surface area contributed by atoms with E-state index in [9.17, 15) is 13.6 Å². The molecule has 0 N–H and O–H groups in total. The number of ether oxygens (including phenoxy) is 1. The molecule has 3 aromatic rings. The van der Waals surface area contributed by atoms with Gasteiger partial charge in [-0.2, -0.15) is 5.26 Å². The van der Waals surface area contributed by atoms with E-state index in [1.54, 1.807) is 12.1 Å². The van der Waals surface area contributed by atoms with Crippen LogP contribution >= 0.6 is 0 Å². The van der Waals surface area contributed by atoms with Gasteiger partial charge in [-0.3, -0.25) is 0 Å². The van der Waals surface area contributed by atoms with Crippen LogP contribution in [-0.2, 0) is 12.8 Å². The van der Waals surface area contributed by atoms with Crippen LogP contribution in [0.5, 0.6) is 5.75 Å². The molecule has 31 heavy (non-hydrogen) atoms. The Hall–Kier alpha value is -3.52. The zero-order valence-corrected chi connectivity index (χ0v) is 17.2. The number of nitriles is 1. The number of rotatable bonds is 6. The predicted octanol–water partition coefficient (Wildman–Crippen LogP) is 6.36. The average molecular weight is 417 g/mol. The third-order valence-corrected chi connectivity index (χ3v) is 5.59. The van der Waals surface area contributed by atoms with Crippen molar-refractivity contribution < 1.29 is 18.3 Å². The van der Waals surface area contributed by atoms with Crippen molar-refractivity contribution in [3.05, 3.63) is 88.0 Å². The summed E-state index contributed by atoms with van der Waals surface area (Å²) in [5, 5.41) is 8.75. The van der Waals surface area contributed by atoms with Gasteiger partial charge in [0.15, 0.2) is 0 Å². The van der Waals surface area contributed by atoms with E-state index < -0.39 is 23.2 Å². The fourth-order valence-electron chi connectivity index (χ4n) is 4.01. The normalized spacial score (nSPS) is 11.5. The Morgan fingerprint density at radius 2 is 1.68 bits per heavy atom. The van der Waals surface area contributed by atoms with E-state index in [2.05, 4.69) is 25.1 Å². The summed E-state index contributed by atoms with van der Waals surface area (Å²) in [4.78, 5) is 12.5. The van der Waals surface area contributed by atoms with Crippen molar-refractivity contribution in [1.82, 2.24) is 0 Å². The van der Waals surface area contributed by atoms with Crippen LogP contribution < -0.4 is 4.74 Å². The Morgan fingerprint density at radius 1 is 1.00 bits per heavy atom. The Kier molecular flexibility index (Phi) is 5.81. The second-order valence-corrected chi connectivity index (χ2v) is 7.76. The van der Waals surface area contributed by atoms with Crippen LogP contribution in [0.4, 0.5) is 8.78 Å². The lowest BCUT2D eigenvalue weighted by Gasteiger charge is -2.08. The highest BCUT2D eigenvalue weighted by molar-refractivity contribution is 5.93. The SMILES string of the molecule is CCCCCc1ccc2c(c1)Cc1cc(C(=O)Oc3cc(F)c(C#N)c(F)c3)ccc1-2. The molecule has 0 atom stereocenters. The highest BCUT2D eigenvalue weighted by atomic mass is 19.1. The van der Waals surface area contributed by atoms with Crippen LogP contribution in [0.3, 0.4) is 0 Å². The summed E-state index contributed by atoms with van der Waals surface area (Å²) in [5.74, 6) is -3.11. The molecular formula is C26H21F2NO2. The molecule has 3 aromatic carbocycles. The molecular weight excluding hydrogens is 396 g/mol. The van der Waals surface area contributed by atoms with Gasteiger partial charge in [0.1, 0.15) is 29.0 Å². The average Bonchev–Trinajstić information content (AvgIpc) is 3.10.